The number of carbonyl (C=O) groups is 1. The van der Waals surface area contributed by atoms with Crippen molar-refractivity contribution in [2.24, 2.45) is 7.05 Å². The fourth-order valence-electron chi connectivity index (χ4n) is 3.08. The number of anilines is 2. The smallest absolute Gasteiger partial charge is 0.416 e. The standard InChI is InChI=1S/C19H16F4N6O2/c1-28-3-2-16(27-28)26-18(30)17-15(7-24-10-25-17)29-8-14(9-29)31-13-5-11(19(21,22)23)4-12(20)6-13/h2-7,10,14H,8-9H2,1H3,(H,26,27,30). The summed E-state index contributed by atoms with van der Waals surface area (Å²) in [6, 6.07) is 3.69. The summed E-state index contributed by atoms with van der Waals surface area (Å²) in [6.07, 6.45) is -0.806. The molecule has 4 rings (SSSR count). The van der Waals surface area contributed by atoms with Crippen molar-refractivity contribution in [3.8, 4) is 5.75 Å². The summed E-state index contributed by atoms with van der Waals surface area (Å²) < 4.78 is 59.1. The molecular weight excluding hydrogens is 420 g/mol. The third-order valence-electron chi connectivity index (χ3n) is 4.55. The second kappa shape index (κ2) is 7.85. The van der Waals surface area contributed by atoms with E-state index in [1.165, 1.54) is 17.2 Å². The molecule has 0 bridgehead atoms. The molecule has 0 aliphatic carbocycles. The lowest BCUT2D eigenvalue weighted by Crippen LogP contribution is -2.54. The van der Waals surface area contributed by atoms with Gasteiger partial charge in [0.05, 0.1) is 30.5 Å². The van der Waals surface area contributed by atoms with Gasteiger partial charge in [0, 0.05) is 25.4 Å². The van der Waals surface area contributed by atoms with E-state index in [-0.39, 0.29) is 24.5 Å². The molecule has 8 nitrogen and oxygen atoms in total. The Kier molecular flexibility index (Phi) is 5.21. The van der Waals surface area contributed by atoms with Gasteiger partial charge >= 0.3 is 6.18 Å². The van der Waals surface area contributed by atoms with Gasteiger partial charge in [-0.3, -0.25) is 9.48 Å². The number of hydrogen-bond donors (Lipinski definition) is 1. The molecule has 1 N–H and O–H groups in total. The minimum Gasteiger partial charge on any atom is -0.487 e. The van der Waals surface area contributed by atoms with Crippen LogP contribution in [0.2, 0.25) is 0 Å². The molecule has 31 heavy (non-hydrogen) atoms. The largest absolute Gasteiger partial charge is 0.487 e. The van der Waals surface area contributed by atoms with Gasteiger partial charge in [-0.25, -0.2) is 14.4 Å². The summed E-state index contributed by atoms with van der Waals surface area (Å²) >= 11 is 0. The zero-order valence-electron chi connectivity index (χ0n) is 16.1. The zero-order valence-corrected chi connectivity index (χ0v) is 16.1. The zero-order chi connectivity index (χ0) is 22.2. The molecule has 12 heteroatoms. The topological polar surface area (TPSA) is 85.2 Å². The van der Waals surface area contributed by atoms with E-state index in [0.717, 1.165) is 12.1 Å². The van der Waals surface area contributed by atoms with Crippen molar-refractivity contribution in [2.45, 2.75) is 12.3 Å². The number of rotatable bonds is 5. The molecule has 1 aliphatic rings. The molecule has 0 radical (unpaired) electrons. The molecule has 1 amide bonds. The van der Waals surface area contributed by atoms with Crippen molar-refractivity contribution < 1.29 is 27.1 Å². The van der Waals surface area contributed by atoms with Crippen molar-refractivity contribution >= 4 is 17.4 Å². The highest BCUT2D eigenvalue weighted by atomic mass is 19.4. The molecule has 2 aromatic heterocycles. The number of amides is 1. The molecule has 3 aromatic rings. The monoisotopic (exact) mass is 436 g/mol. The lowest BCUT2D eigenvalue weighted by atomic mass is 10.1. The highest BCUT2D eigenvalue weighted by Crippen LogP contribution is 2.33. The van der Waals surface area contributed by atoms with Crippen molar-refractivity contribution in [1.29, 1.82) is 0 Å². The summed E-state index contributed by atoms with van der Waals surface area (Å²) in [5.74, 6) is -1.38. The van der Waals surface area contributed by atoms with Crippen LogP contribution in [0.3, 0.4) is 0 Å². The molecule has 0 saturated carbocycles. The maximum absolute atomic E-state index is 13.5. The molecule has 0 spiro atoms. The molecule has 0 unspecified atom stereocenters. The fourth-order valence-corrected chi connectivity index (χ4v) is 3.08. The number of aryl methyl sites for hydroxylation is 1. The summed E-state index contributed by atoms with van der Waals surface area (Å²) in [5.41, 5.74) is -0.571. The van der Waals surface area contributed by atoms with Crippen LogP contribution in [-0.4, -0.2) is 44.8 Å². The summed E-state index contributed by atoms with van der Waals surface area (Å²) in [7, 11) is 1.71. The maximum atomic E-state index is 13.5. The van der Waals surface area contributed by atoms with Crippen LogP contribution in [0.25, 0.3) is 0 Å². The summed E-state index contributed by atoms with van der Waals surface area (Å²) in [4.78, 5) is 22.3. The van der Waals surface area contributed by atoms with Gasteiger partial charge in [0.25, 0.3) is 5.91 Å². The van der Waals surface area contributed by atoms with Crippen molar-refractivity contribution in [3.05, 3.63) is 60.1 Å². The Hall–Kier alpha value is -3.70. The highest BCUT2D eigenvalue weighted by Gasteiger charge is 2.34. The second-order valence-electron chi connectivity index (χ2n) is 6.90. The molecular formula is C19H16F4N6O2. The molecule has 1 fully saturated rings. The Bertz CT molecular complexity index is 1110. The predicted octanol–water partition coefficient (Wildman–Crippen LogP) is 2.89. The van der Waals surface area contributed by atoms with Crippen LogP contribution in [0.15, 0.2) is 43.0 Å². The molecule has 162 valence electrons. The first kappa shape index (κ1) is 20.6. The Morgan fingerprint density at radius 2 is 2.03 bits per heavy atom. The van der Waals surface area contributed by atoms with Gasteiger partial charge in [0.2, 0.25) is 0 Å². The predicted molar refractivity (Wildman–Crippen MR) is 101 cm³/mol. The van der Waals surface area contributed by atoms with E-state index >= 15 is 0 Å². The third-order valence-corrected chi connectivity index (χ3v) is 4.55. The minimum atomic E-state index is -4.68. The molecule has 1 saturated heterocycles. The average molecular weight is 436 g/mol. The molecule has 1 aliphatic heterocycles. The maximum Gasteiger partial charge on any atom is 0.416 e. The minimum absolute atomic E-state index is 0.115. The first-order chi connectivity index (χ1) is 14.7. The van der Waals surface area contributed by atoms with Gasteiger partial charge in [-0.1, -0.05) is 0 Å². The Morgan fingerprint density at radius 1 is 1.26 bits per heavy atom. The van der Waals surface area contributed by atoms with Gasteiger partial charge in [-0.05, 0) is 12.1 Å². The molecule has 0 atom stereocenters. The van der Waals surface area contributed by atoms with Crippen LogP contribution in [0, 0.1) is 5.82 Å². The van der Waals surface area contributed by atoms with E-state index in [4.69, 9.17) is 4.74 Å². The normalized spacial score (nSPS) is 14.3. The Labute approximate surface area is 173 Å². The number of hydrogen-bond acceptors (Lipinski definition) is 6. The number of carbonyl (C=O) groups excluding carboxylic acids is 1. The van der Waals surface area contributed by atoms with Crippen LogP contribution >= 0.6 is 0 Å². The average Bonchev–Trinajstić information content (AvgIpc) is 3.08. The van der Waals surface area contributed by atoms with Crippen molar-refractivity contribution in [1.82, 2.24) is 19.7 Å². The third kappa shape index (κ3) is 4.57. The SMILES string of the molecule is Cn1ccc(NC(=O)c2ncncc2N2CC(Oc3cc(F)cc(C(F)(F)F)c3)C2)n1. The fraction of sp³-hybridized carbons (Fsp3) is 0.263. The highest BCUT2D eigenvalue weighted by molar-refractivity contribution is 6.06. The number of halogens is 4. The summed E-state index contributed by atoms with van der Waals surface area (Å²) in [5, 5.41) is 6.70. The second-order valence-corrected chi connectivity index (χ2v) is 6.90. The van der Waals surface area contributed by atoms with Gasteiger partial charge in [0.1, 0.15) is 24.0 Å². The summed E-state index contributed by atoms with van der Waals surface area (Å²) in [6.45, 7) is 0.518. The van der Waals surface area contributed by atoms with Crippen LogP contribution in [-0.2, 0) is 13.2 Å². The quantitative estimate of drug-likeness (QED) is 0.620. The van der Waals surface area contributed by atoms with E-state index in [2.05, 4.69) is 20.4 Å². The van der Waals surface area contributed by atoms with Crippen molar-refractivity contribution in [3.63, 3.8) is 0 Å². The van der Waals surface area contributed by atoms with E-state index in [1.807, 2.05) is 0 Å². The number of alkyl halides is 3. The van der Waals surface area contributed by atoms with Crippen LogP contribution in [0.4, 0.5) is 29.1 Å². The number of aromatic nitrogens is 4. The molecule has 3 heterocycles. The number of benzene rings is 1. The van der Waals surface area contributed by atoms with Crippen LogP contribution in [0.1, 0.15) is 16.1 Å². The van der Waals surface area contributed by atoms with E-state index in [1.54, 1.807) is 24.2 Å². The number of nitrogens with zero attached hydrogens (tertiary/aromatic N) is 5. The lowest BCUT2D eigenvalue weighted by molar-refractivity contribution is -0.137. The van der Waals surface area contributed by atoms with Gasteiger partial charge in [-0.15, -0.1) is 0 Å². The van der Waals surface area contributed by atoms with Crippen LogP contribution in [0.5, 0.6) is 5.75 Å². The Morgan fingerprint density at radius 3 is 2.71 bits per heavy atom. The first-order valence-corrected chi connectivity index (χ1v) is 9.09. The van der Waals surface area contributed by atoms with Crippen molar-refractivity contribution in [2.75, 3.05) is 23.3 Å². The lowest BCUT2D eigenvalue weighted by Gasteiger charge is -2.40. The van der Waals surface area contributed by atoms with Gasteiger partial charge in [-0.2, -0.15) is 18.3 Å². The van der Waals surface area contributed by atoms with Gasteiger partial charge in [0.15, 0.2) is 11.5 Å². The molecule has 1 aromatic carbocycles. The number of ether oxygens (including phenoxy) is 1. The van der Waals surface area contributed by atoms with E-state index in [9.17, 15) is 22.4 Å². The number of nitrogens with one attached hydrogen (secondary N) is 1. The van der Waals surface area contributed by atoms with Gasteiger partial charge < -0.3 is 15.0 Å². The first-order valence-electron chi connectivity index (χ1n) is 9.09. The Balaban J connectivity index is 1.43. The van der Waals surface area contributed by atoms with E-state index in [0.29, 0.717) is 17.6 Å². The van der Waals surface area contributed by atoms with E-state index < -0.39 is 29.6 Å². The van der Waals surface area contributed by atoms with Crippen LogP contribution < -0.4 is 15.0 Å².